The summed E-state index contributed by atoms with van der Waals surface area (Å²) in [5, 5.41) is 3.84. The third-order valence-electron chi connectivity index (χ3n) is 3.96. The summed E-state index contributed by atoms with van der Waals surface area (Å²) in [6.45, 7) is 0. The van der Waals surface area contributed by atoms with Gasteiger partial charge in [-0.05, 0) is 0 Å². The Morgan fingerprint density at radius 3 is 1.60 bits per heavy atom. The summed E-state index contributed by atoms with van der Waals surface area (Å²) in [6.07, 6.45) is 13.6. The van der Waals surface area contributed by atoms with Gasteiger partial charge in [-0.15, -0.1) is 0 Å². The van der Waals surface area contributed by atoms with Crippen molar-refractivity contribution in [2.45, 2.75) is 12.8 Å². The van der Waals surface area contributed by atoms with Gasteiger partial charge in [-0.1, -0.05) is 0 Å². The Morgan fingerprint density at radius 2 is 1.28 bits per heavy atom. The van der Waals surface area contributed by atoms with Gasteiger partial charge in [0.2, 0.25) is 0 Å². The fourth-order valence-electron chi connectivity index (χ4n) is 2.85. The molecule has 0 radical (unpaired) electrons. The standard InChI is InChI=1S/2C5H5.2C4H3FOS.Zr/c2*1-2-4-5-3-1;2*5-3-1-4(6)7-2-3;/h2*1-3H,4H2;2*1-2,6H;/q;;;;+2/p-2. The molecule has 0 amide bonds. The summed E-state index contributed by atoms with van der Waals surface area (Å²) in [4.78, 5) is 0. The van der Waals surface area contributed by atoms with Crippen LogP contribution in [0.4, 0.5) is 8.78 Å². The molecule has 128 valence electrons. The van der Waals surface area contributed by atoms with Crippen LogP contribution in [0.3, 0.4) is 0 Å². The Morgan fingerprint density at radius 1 is 0.800 bits per heavy atom. The van der Waals surface area contributed by atoms with E-state index < -0.39 is 21.1 Å². The van der Waals surface area contributed by atoms with Crippen LogP contribution in [0, 0.1) is 11.6 Å². The molecule has 0 aromatic carbocycles. The molecule has 25 heavy (non-hydrogen) atoms. The zero-order valence-corrected chi connectivity index (χ0v) is 17.2. The average molecular weight is 456 g/mol. The molecule has 2 heterocycles. The molecule has 0 N–H and O–H groups in total. The first-order valence-corrected chi connectivity index (χ1v) is 14.0. The number of rotatable bonds is 6. The number of hydrogen-bond acceptors (Lipinski definition) is 4. The van der Waals surface area contributed by atoms with Crippen molar-refractivity contribution < 1.29 is 35.6 Å². The van der Waals surface area contributed by atoms with Gasteiger partial charge in [0.15, 0.2) is 0 Å². The van der Waals surface area contributed by atoms with Gasteiger partial charge in [-0.25, -0.2) is 0 Å². The summed E-state index contributed by atoms with van der Waals surface area (Å²) in [5.74, 6) is -0.640. The van der Waals surface area contributed by atoms with Gasteiger partial charge in [0, 0.05) is 0 Å². The summed E-state index contributed by atoms with van der Waals surface area (Å²) in [6, 6.07) is 2.78. The van der Waals surface area contributed by atoms with Crippen molar-refractivity contribution in [2.24, 2.45) is 0 Å². The predicted octanol–water partition coefficient (Wildman–Crippen LogP) is 6.22. The molecule has 0 fully saturated rings. The molecule has 2 aliphatic carbocycles. The molecule has 0 bridgehead atoms. The van der Waals surface area contributed by atoms with E-state index in [4.69, 9.17) is 5.63 Å². The second-order valence-electron chi connectivity index (χ2n) is 5.64. The molecule has 0 saturated carbocycles. The topological polar surface area (TPSA) is 18.5 Å². The van der Waals surface area contributed by atoms with Gasteiger partial charge in [-0.2, -0.15) is 0 Å². The Balaban J connectivity index is 1.78. The summed E-state index contributed by atoms with van der Waals surface area (Å²) >= 11 is -1.62. The Hall–Kier alpha value is -1.30. The van der Waals surface area contributed by atoms with Crippen LogP contribution in [0.25, 0.3) is 0 Å². The van der Waals surface area contributed by atoms with Gasteiger partial charge >= 0.3 is 159 Å². The molecule has 7 heteroatoms. The minimum absolute atomic E-state index is 0.320. The molecule has 0 spiro atoms. The van der Waals surface area contributed by atoms with Crippen molar-refractivity contribution in [2.75, 3.05) is 0 Å². The second-order valence-corrected chi connectivity index (χ2v) is 14.6. The SMILES string of the molecule is Fc1csc([O][Zr]([O]c2cc(F)cs2)([C]2=CC=CC2)[C]2=CC=CC2)c1. The van der Waals surface area contributed by atoms with Crippen LogP contribution in [0.2, 0.25) is 0 Å². The summed E-state index contributed by atoms with van der Waals surface area (Å²) < 4.78 is 42.1. The van der Waals surface area contributed by atoms with Crippen LogP contribution in [0.1, 0.15) is 12.8 Å². The monoisotopic (exact) mass is 454 g/mol. The molecular formula is C18H14F2O2S2Zr. The zero-order chi connectivity index (χ0) is 17.3. The Bertz CT molecular complexity index is 834. The number of thiophene rings is 2. The first-order chi connectivity index (χ1) is 12.2. The van der Waals surface area contributed by atoms with Crippen molar-refractivity contribution in [3.05, 3.63) is 77.5 Å². The summed E-state index contributed by atoms with van der Waals surface area (Å²) in [7, 11) is 0. The second kappa shape index (κ2) is 7.14. The van der Waals surface area contributed by atoms with Gasteiger partial charge < -0.3 is 0 Å². The number of halogens is 2. The Labute approximate surface area is 158 Å². The minimum atomic E-state index is -4.06. The third kappa shape index (κ3) is 3.50. The van der Waals surface area contributed by atoms with E-state index in [9.17, 15) is 8.78 Å². The molecule has 2 aliphatic rings. The molecular weight excluding hydrogens is 442 g/mol. The number of allylic oxidation sites excluding steroid dienone is 8. The van der Waals surface area contributed by atoms with Crippen molar-refractivity contribution in [1.82, 2.24) is 0 Å². The Kier molecular flexibility index (Phi) is 4.89. The molecule has 0 saturated heterocycles. The maximum absolute atomic E-state index is 13.5. The predicted molar refractivity (Wildman–Crippen MR) is 93.5 cm³/mol. The van der Waals surface area contributed by atoms with Crippen molar-refractivity contribution >= 4 is 22.7 Å². The van der Waals surface area contributed by atoms with Crippen LogP contribution in [-0.2, 0) is 21.1 Å². The maximum atomic E-state index is 13.5. The van der Waals surface area contributed by atoms with Gasteiger partial charge in [-0.3, -0.25) is 0 Å². The van der Waals surface area contributed by atoms with Crippen molar-refractivity contribution in [3.63, 3.8) is 0 Å². The van der Waals surface area contributed by atoms with Crippen molar-refractivity contribution in [1.29, 1.82) is 0 Å². The average Bonchev–Trinajstić information content (AvgIpc) is 3.36. The molecule has 4 rings (SSSR count). The first kappa shape index (κ1) is 17.1. The molecule has 2 nitrogen and oxygen atoms in total. The van der Waals surface area contributed by atoms with Crippen LogP contribution in [0.15, 0.2) is 65.9 Å². The van der Waals surface area contributed by atoms with Crippen LogP contribution in [-0.4, -0.2) is 0 Å². The van der Waals surface area contributed by atoms with Gasteiger partial charge in [0.05, 0.1) is 0 Å². The molecule has 0 unspecified atom stereocenters. The van der Waals surface area contributed by atoms with Crippen LogP contribution >= 0.6 is 22.7 Å². The van der Waals surface area contributed by atoms with Gasteiger partial charge in [0.1, 0.15) is 0 Å². The van der Waals surface area contributed by atoms with E-state index in [1.165, 1.54) is 45.6 Å². The van der Waals surface area contributed by atoms with E-state index >= 15 is 0 Å². The fourth-order valence-corrected chi connectivity index (χ4v) is 13.5. The third-order valence-corrected chi connectivity index (χ3v) is 14.7. The molecule has 0 atom stereocenters. The van der Waals surface area contributed by atoms with Crippen molar-refractivity contribution in [3.8, 4) is 10.1 Å². The quantitative estimate of drug-likeness (QED) is 0.515. The van der Waals surface area contributed by atoms with Crippen LogP contribution < -0.4 is 5.63 Å². The van der Waals surface area contributed by atoms with Gasteiger partial charge in [0.25, 0.3) is 0 Å². The number of hydrogen-bond donors (Lipinski definition) is 0. The van der Waals surface area contributed by atoms with E-state index in [0.717, 1.165) is 19.4 Å². The van der Waals surface area contributed by atoms with E-state index in [-0.39, 0.29) is 11.6 Å². The summed E-state index contributed by atoms with van der Waals surface area (Å²) in [5.41, 5.74) is 0. The van der Waals surface area contributed by atoms with E-state index in [1.807, 2.05) is 24.3 Å². The normalized spacial score (nSPS) is 16.2. The van der Waals surface area contributed by atoms with E-state index in [0.29, 0.717) is 10.1 Å². The first-order valence-electron chi connectivity index (χ1n) is 7.74. The molecule has 2 aromatic rings. The van der Waals surface area contributed by atoms with E-state index in [2.05, 4.69) is 12.2 Å². The molecule has 2 aromatic heterocycles. The fraction of sp³-hybridized carbons (Fsp3) is 0.111. The van der Waals surface area contributed by atoms with E-state index in [1.54, 1.807) is 0 Å². The van der Waals surface area contributed by atoms with Crippen LogP contribution in [0.5, 0.6) is 10.1 Å². The molecule has 0 aliphatic heterocycles. The zero-order valence-electron chi connectivity index (χ0n) is 13.1.